The molecule has 1 fully saturated rings. The summed E-state index contributed by atoms with van der Waals surface area (Å²) in [6, 6.07) is 6.15. The number of rotatable bonds is 5. The number of benzene rings is 2. The van der Waals surface area contributed by atoms with Crippen molar-refractivity contribution in [3.05, 3.63) is 53.8 Å². The molecule has 1 amide bonds. The zero-order valence-electron chi connectivity index (χ0n) is 14.0. The molecule has 3 rings (SSSR count). The predicted octanol–water partition coefficient (Wildman–Crippen LogP) is 2.34. The normalized spacial score (nSPS) is 17.0. The van der Waals surface area contributed by atoms with Gasteiger partial charge in [0.05, 0.1) is 16.5 Å². The molecule has 0 unspecified atom stereocenters. The van der Waals surface area contributed by atoms with Crippen LogP contribution in [0.2, 0.25) is 0 Å². The Bertz CT molecular complexity index is 1060. The van der Waals surface area contributed by atoms with Crippen molar-refractivity contribution in [3.63, 3.8) is 0 Å². The van der Waals surface area contributed by atoms with E-state index in [9.17, 15) is 31.2 Å². The Balaban J connectivity index is 1.82. The Morgan fingerprint density at radius 2 is 1.71 bits per heavy atom. The molecule has 28 heavy (non-hydrogen) atoms. The van der Waals surface area contributed by atoms with Gasteiger partial charge in [-0.2, -0.15) is 0 Å². The van der Waals surface area contributed by atoms with E-state index >= 15 is 0 Å². The zero-order valence-corrected chi connectivity index (χ0v) is 14.8. The molecule has 1 heterocycles. The molecule has 0 aliphatic carbocycles. The van der Waals surface area contributed by atoms with E-state index < -0.39 is 51.0 Å². The van der Waals surface area contributed by atoms with Gasteiger partial charge in [-0.15, -0.1) is 0 Å². The SMILES string of the molecule is O=C(O)[C@@H]1CC(=O)N(c2ccc(S(=O)(=O)Nc3ccc(F)c(F)c3F)cc2)C1. The minimum absolute atomic E-state index is 0.0431. The molecule has 2 aromatic carbocycles. The van der Waals surface area contributed by atoms with Crippen LogP contribution in [0.5, 0.6) is 0 Å². The van der Waals surface area contributed by atoms with E-state index in [2.05, 4.69) is 0 Å². The predicted molar refractivity (Wildman–Crippen MR) is 91.7 cm³/mol. The molecule has 148 valence electrons. The largest absolute Gasteiger partial charge is 0.481 e. The summed E-state index contributed by atoms with van der Waals surface area (Å²) in [5, 5.41) is 9.00. The highest BCUT2D eigenvalue weighted by Crippen LogP contribution is 2.27. The Morgan fingerprint density at radius 3 is 2.29 bits per heavy atom. The van der Waals surface area contributed by atoms with Gasteiger partial charge in [0, 0.05) is 18.7 Å². The maximum Gasteiger partial charge on any atom is 0.308 e. The summed E-state index contributed by atoms with van der Waals surface area (Å²) in [6.45, 7) is -0.0431. The number of halogens is 3. The van der Waals surface area contributed by atoms with Gasteiger partial charge in [0.25, 0.3) is 10.0 Å². The third-order valence-corrected chi connectivity index (χ3v) is 5.59. The topological polar surface area (TPSA) is 104 Å². The van der Waals surface area contributed by atoms with Crippen LogP contribution in [0.4, 0.5) is 24.5 Å². The number of hydrogen-bond acceptors (Lipinski definition) is 4. The maximum absolute atomic E-state index is 13.7. The molecular weight excluding hydrogens is 401 g/mol. The van der Waals surface area contributed by atoms with Crippen LogP contribution < -0.4 is 9.62 Å². The lowest BCUT2D eigenvalue weighted by Crippen LogP contribution is -2.25. The molecule has 0 saturated carbocycles. The van der Waals surface area contributed by atoms with Gasteiger partial charge < -0.3 is 10.0 Å². The molecule has 2 N–H and O–H groups in total. The van der Waals surface area contributed by atoms with E-state index in [-0.39, 0.29) is 17.9 Å². The molecule has 0 aromatic heterocycles. The first-order valence-corrected chi connectivity index (χ1v) is 9.38. The Morgan fingerprint density at radius 1 is 1.07 bits per heavy atom. The third kappa shape index (κ3) is 3.65. The van der Waals surface area contributed by atoms with Gasteiger partial charge in [0.1, 0.15) is 0 Å². The van der Waals surface area contributed by atoms with Crippen LogP contribution in [0.15, 0.2) is 41.3 Å². The number of anilines is 2. The van der Waals surface area contributed by atoms with Crippen molar-refractivity contribution >= 4 is 33.3 Å². The first-order chi connectivity index (χ1) is 13.1. The number of carbonyl (C=O) groups is 2. The molecule has 0 spiro atoms. The van der Waals surface area contributed by atoms with Crippen molar-refractivity contribution in [2.75, 3.05) is 16.2 Å². The zero-order chi connectivity index (χ0) is 20.6. The average molecular weight is 414 g/mol. The van der Waals surface area contributed by atoms with Crippen molar-refractivity contribution in [2.24, 2.45) is 5.92 Å². The number of carboxylic acids is 1. The fraction of sp³-hybridized carbons (Fsp3) is 0.176. The van der Waals surface area contributed by atoms with E-state index in [1.165, 1.54) is 17.0 Å². The van der Waals surface area contributed by atoms with Crippen LogP contribution >= 0.6 is 0 Å². The molecule has 11 heteroatoms. The number of carboxylic acid groups (broad SMARTS) is 1. The van der Waals surface area contributed by atoms with E-state index in [0.29, 0.717) is 11.8 Å². The third-order valence-electron chi connectivity index (χ3n) is 4.21. The van der Waals surface area contributed by atoms with Crippen LogP contribution in [0, 0.1) is 23.4 Å². The summed E-state index contributed by atoms with van der Waals surface area (Å²) in [7, 11) is -4.32. The lowest BCUT2D eigenvalue weighted by Gasteiger charge is -2.17. The molecule has 2 aromatic rings. The first-order valence-electron chi connectivity index (χ1n) is 7.89. The average Bonchev–Trinajstić information content (AvgIpc) is 3.04. The number of nitrogens with zero attached hydrogens (tertiary/aromatic N) is 1. The standard InChI is InChI=1S/C17H13F3N2O5S/c18-12-5-6-13(16(20)15(12)19)21-28(26,27)11-3-1-10(2-4-11)22-8-9(17(24)25)7-14(22)23/h1-6,9,21H,7-8H2,(H,24,25)/t9-/m1/s1. The van der Waals surface area contributed by atoms with E-state index in [0.717, 1.165) is 18.2 Å². The summed E-state index contributed by atoms with van der Waals surface area (Å²) in [6.07, 6.45) is -0.160. The van der Waals surface area contributed by atoms with Crippen molar-refractivity contribution in [1.29, 1.82) is 0 Å². The van der Waals surface area contributed by atoms with E-state index in [1.807, 2.05) is 4.72 Å². The molecule has 1 atom stereocenters. The van der Waals surface area contributed by atoms with Crippen molar-refractivity contribution in [1.82, 2.24) is 0 Å². The maximum atomic E-state index is 13.7. The number of sulfonamides is 1. The van der Waals surface area contributed by atoms with Crippen molar-refractivity contribution < 1.29 is 36.3 Å². The Hall–Kier alpha value is -3.08. The Labute approximate surface area is 157 Å². The summed E-state index contributed by atoms with van der Waals surface area (Å²) in [4.78, 5) is 23.8. The summed E-state index contributed by atoms with van der Waals surface area (Å²) in [5.74, 6) is -7.31. The fourth-order valence-electron chi connectivity index (χ4n) is 2.74. The molecule has 1 aliphatic rings. The Kier molecular flexibility index (Phi) is 5.02. The van der Waals surface area contributed by atoms with E-state index in [4.69, 9.17) is 5.11 Å². The highest BCUT2D eigenvalue weighted by atomic mass is 32.2. The summed E-state index contributed by atoms with van der Waals surface area (Å²) >= 11 is 0. The second-order valence-electron chi connectivity index (χ2n) is 6.07. The van der Waals surface area contributed by atoms with Gasteiger partial charge in [-0.25, -0.2) is 21.6 Å². The number of nitrogens with one attached hydrogen (secondary N) is 1. The monoisotopic (exact) mass is 414 g/mol. The highest BCUT2D eigenvalue weighted by Gasteiger charge is 2.35. The number of amides is 1. The van der Waals surface area contributed by atoms with Crippen LogP contribution in [0.25, 0.3) is 0 Å². The van der Waals surface area contributed by atoms with Gasteiger partial charge in [-0.3, -0.25) is 14.3 Å². The number of aliphatic carboxylic acids is 1. The van der Waals surface area contributed by atoms with Gasteiger partial charge in [0.15, 0.2) is 17.5 Å². The number of carbonyl (C=O) groups excluding carboxylic acids is 1. The molecule has 1 saturated heterocycles. The number of hydrogen-bond donors (Lipinski definition) is 2. The fourth-order valence-corrected chi connectivity index (χ4v) is 3.80. The summed E-state index contributed by atoms with van der Waals surface area (Å²) in [5.41, 5.74) is -0.464. The summed E-state index contributed by atoms with van der Waals surface area (Å²) < 4.78 is 66.4. The second-order valence-corrected chi connectivity index (χ2v) is 7.75. The van der Waals surface area contributed by atoms with Crippen LogP contribution in [-0.2, 0) is 19.6 Å². The first kappa shape index (κ1) is 19.7. The van der Waals surface area contributed by atoms with Gasteiger partial charge >= 0.3 is 5.97 Å². The molecule has 0 radical (unpaired) electrons. The lowest BCUT2D eigenvalue weighted by atomic mass is 10.1. The van der Waals surface area contributed by atoms with Gasteiger partial charge in [-0.1, -0.05) is 0 Å². The molecule has 1 aliphatic heterocycles. The van der Waals surface area contributed by atoms with Crippen LogP contribution in [0.1, 0.15) is 6.42 Å². The van der Waals surface area contributed by atoms with Gasteiger partial charge in [0.2, 0.25) is 5.91 Å². The van der Waals surface area contributed by atoms with E-state index in [1.54, 1.807) is 0 Å². The lowest BCUT2D eigenvalue weighted by molar-refractivity contribution is -0.141. The quantitative estimate of drug-likeness (QED) is 0.731. The van der Waals surface area contributed by atoms with Crippen LogP contribution in [-0.4, -0.2) is 31.9 Å². The minimum Gasteiger partial charge on any atom is -0.481 e. The van der Waals surface area contributed by atoms with Crippen molar-refractivity contribution in [2.45, 2.75) is 11.3 Å². The molecule has 7 nitrogen and oxygen atoms in total. The van der Waals surface area contributed by atoms with Crippen molar-refractivity contribution in [3.8, 4) is 0 Å². The highest BCUT2D eigenvalue weighted by molar-refractivity contribution is 7.92. The van der Waals surface area contributed by atoms with Crippen LogP contribution in [0.3, 0.4) is 0 Å². The van der Waals surface area contributed by atoms with Gasteiger partial charge in [-0.05, 0) is 36.4 Å². The molecule has 0 bridgehead atoms. The second kappa shape index (κ2) is 7.15. The molecular formula is C17H13F3N2O5S. The minimum atomic E-state index is -4.32. The smallest absolute Gasteiger partial charge is 0.308 e.